The molecule has 2 aromatic carbocycles. The van der Waals surface area contributed by atoms with E-state index in [0.29, 0.717) is 12.8 Å². The van der Waals surface area contributed by atoms with Gasteiger partial charge >= 0.3 is 5.97 Å². The van der Waals surface area contributed by atoms with Crippen LogP contribution in [-0.4, -0.2) is 23.5 Å². The zero-order valence-corrected chi connectivity index (χ0v) is 13.2. The molecule has 0 saturated heterocycles. The molecule has 0 unspecified atom stereocenters. The summed E-state index contributed by atoms with van der Waals surface area (Å²) in [4.78, 5) is 11.7. The summed E-state index contributed by atoms with van der Waals surface area (Å²) in [6.45, 7) is 1.99. The first-order valence-electron chi connectivity index (χ1n) is 7.74. The van der Waals surface area contributed by atoms with E-state index in [0.717, 1.165) is 0 Å². The normalized spacial score (nSPS) is 11.5. The molecule has 23 heavy (non-hydrogen) atoms. The van der Waals surface area contributed by atoms with Crippen LogP contribution in [0.25, 0.3) is 0 Å². The van der Waals surface area contributed by atoms with E-state index >= 15 is 0 Å². The first-order valence-corrected chi connectivity index (χ1v) is 7.74. The van der Waals surface area contributed by atoms with Gasteiger partial charge in [-0.2, -0.15) is 0 Å². The molecule has 0 heterocycles. The average Bonchev–Trinajstić information content (AvgIpc) is 2.60. The van der Waals surface area contributed by atoms with Gasteiger partial charge in [0.1, 0.15) is 0 Å². The van der Waals surface area contributed by atoms with Crippen molar-refractivity contribution in [3.05, 3.63) is 71.8 Å². The molecule has 120 valence electrons. The number of carbonyl (C=O) groups is 1. The van der Waals surface area contributed by atoms with Gasteiger partial charge in [0.15, 0.2) is 5.71 Å². The Morgan fingerprint density at radius 3 is 2.00 bits per heavy atom. The van der Waals surface area contributed by atoms with Gasteiger partial charge in [-0.3, -0.25) is 0 Å². The summed E-state index contributed by atoms with van der Waals surface area (Å²) in [5.74, 6) is -0.432. The van der Waals surface area contributed by atoms with Crippen molar-refractivity contribution in [3.8, 4) is 0 Å². The number of hydrogen-bond acceptors (Lipinski definition) is 4. The Hall–Kier alpha value is -2.62. The van der Waals surface area contributed by atoms with Gasteiger partial charge in [0.25, 0.3) is 0 Å². The minimum Gasteiger partial charge on any atom is -0.461 e. The first kappa shape index (κ1) is 16.7. The highest BCUT2D eigenvalue weighted by Crippen LogP contribution is 2.29. The van der Waals surface area contributed by atoms with Crippen LogP contribution < -0.4 is 0 Å². The van der Waals surface area contributed by atoms with Crippen LogP contribution in [0.15, 0.2) is 65.8 Å². The second-order valence-electron chi connectivity index (χ2n) is 5.18. The molecule has 0 fully saturated rings. The van der Waals surface area contributed by atoms with Gasteiger partial charge in [0.05, 0.1) is 6.61 Å². The Balaban J connectivity index is 2.18. The third-order valence-electron chi connectivity index (χ3n) is 3.71. The second kappa shape index (κ2) is 8.73. The molecular formula is C19H21NO3. The van der Waals surface area contributed by atoms with Crippen LogP contribution in [0, 0.1) is 0 Å². The van der Waals surface area contributed by atoms with E-state index in [1.807, 2.05) is 36.4 Å². The third-order valence-corrected chi connectivity index (χ3v) is 3.71. The van der Waals surface area contributed by atoms with Crippen molar-refractivity contribution in [1.29, 1.82) is 0 Å². The molecule has 0 radical (unpaired) electrons. The fourth-order valence-corrected chi connectivity index (χ4v) is 2.58. The molecule has 0 aliphatic heterocycles. The Bertz CT molecular complexity index is 599. The fraction of sp³-hybridized carbons (Fsp3) is 0.263. The zero-order valence-electron chi connectivity index (χ0n) is 13.2. The zero-order chi connectivity index (χ0) is 16.5. The van der Waals surface area contributed by atoms with Gasteiger partial charge in [-0.05, 0) is 24.5 Å². The predicted molar refractivity (Wildman–Crippen MR) is 89.8 cm³/mol. The highest BCUT2D eigenvalue weighted by atomic mass is 16.5. The molecule has 0 amide bonds. The van der Waals surface area contributed by atoms with Gasteiger partial charge in [0, 0.05) is 12.3 Å². The van der Waals surface area contributed by atoms with Gasteiger partial charge in [-0.1, -0.05) is 65.8 Å². The maximum Gasteiger partial charge on any atom is 0.356 e. The smallest absolute Gasteiger partial charge is 0.356 e. The van der Waals surface area contributed by atoms with Crippen molar-refractivity contribution >= 4 is 11.7 Å². The summed E-state index contributed by atoms with van der Waals surface area (Å²) in [7, 11) is 0. The van der Waals surface area contributed by atoms with Gasteiger partial charge in [-0.15, -0.1) is 0 Å². The molecule has 0 spiro atoms. The molecule has 2 aromatic rings. The number of hydrogen-bond donors (Lipinski definition) is 1. The summed E-state index contributed by atoms with van der Waals surface area (Å²) in [5.41, 5.74) is 2.39. The van der Waals surface area contributed by atoms with E-state index in [9.17, 15) is 4.79 Å². The number of esters is 1. The van der Waals surface area contributed by atoms with Crippen molar-refractivity contribution < 1.29 is 14.7 Å². The second-order valence-corrected chi connectivity index (χ2v) is 5.18. The summed E-state index contributed by atoms with van der Waals surface area (Å²) in [6, 6.07) is 20.2. The molecule has 0 bridgehead atoms. The Morgan fingerprint density at radius 1 is 1.04 bits per heavy atom. The van der Waals surface area contributed by atoms with Crippen molar-refractivity contribution in [1.82, 2.24) is 0 Å². The van der Waals surface area contributed by atoms with Gasteiger partial charge < -0.3 is 9.94 Å². The van der Waals surface area contributed by atoms with E-state index in [1.165, 1.54) is 11.1 Å². The number of carbonyl (C=O) groups excluding carboxylic acids is 1. The summed E-state index contributed by atoms with van der Waals surface area (Å²) >= 11 is 0. The maximum absolute atomic E-state index is 11.7. The average molecular weight is 311 g/mol. The van der Waals surface area contributed by atoms with Gasteiger partial charge in [-0.25, -0.2) is 4.79 Å². The minimum absolute atomic E-state index is 0.0590. The molecule has 0 aliphatic rings. The molecular weight excluding hydrogens is 290 g/mol. The number of oxime groups is 1. The third kappa shape index (κ3) is 4.68. The van der Waals surface area contributed by atoms with Crippen LogP contribution in [0.4, 0.5) is 0 Å². The molecule has 0 atom stereocenters. The van der Waals surface area contributed by atoms with E-state index in [4.69, 9.17) is 9.94 Å². The lowest BCUT2D eigenvalue weighted by atomic mass is 9.87. The number of ether oxygens (including phenoxy) is 1. The summed E-state index contributed by atoms with van der Waals surface area (Å²) < 4.78 is 4.91. The topological polar surface area (TPSA) is 58.9 Å². The fourth-order valence-electron chi connectivity index (χ4n) is 2.58. The van der Waals surface area contributed by atoms with E-state index in [2.05, 4.69) is 29.4 Å². The molecule has 0 aliphatic carbocycles. The predicted octanol–water partition coefficient (Wildman–Crippen LogP) is 3.99. The summed E-state index contributed by atoms with van der Waals surface area (Å²) in [6.07, 6.45) is 1.01. The van der Waals surface area contributed by atoms with Crippen LogP contribution >= 0.6 is 0 Å². The molecule has 4 heteroatoms. The van der Waals surface area contributed by atoms with Crippen LogP contribution in [0.3, 0.4) is 0 Å². The highest BCUT2D eigenvalue weighted by Gasteiger charge is 2.19. The Morgan fingerprint density at radius 2 is 1.57 bits per heavy atom. The van der Waals surface area contributed by atoms with Gasteiger partial charge in [0.2, 0.25) is 0 Å². The van der Waals surface area contributed by atoms with E-state index in [-0.39, 0.29) is 18.2 Å². The van der Waals surface area contributed by atoms with E-state index in [1.54, 1.807) is 6.92 Å². The van der Waals surface area contributed by atoms with Crippen LogP contribution in [0.5, 0.6) is 0 Å². The molecule has 0 saturated carbocycles. The summed E-state index contributed by atoms with van der Waals surface area (Å²) in [5, 5.41) is 12.2. The Kier molecular flexibility index (Phi) is 6.36. The van der Waals surface area contributed by atoms with Crippen LogP contribution in [-0.2, 0) is 9.53 Å². The van der Waals surface area contributed by atoms with Crippen LogP contribution in [0.2, 0.25) is 0 Å². The maximum atomic E-state index is 11.7. The Labute approximate surface area is 136 Å². The first-order chi connectivity index (χ1) is 11.3. The van der Waals surface area contributed by atoms with Crippen molar-refractivity contribution in [2.45, 2.75) is 25.7 Å². The van der Waals surface area contributed by atoms with E-state index < -0.39 is 5.97 Å². The number of nitrogens with zero attached hydrogens (tertiary/aromatic N) is 1. The molecule has 0 aromatic heterocycles. The molecule has 2 rings (SSSR count). The minimum atomic E-state index is -0.560. The lowest BCUT2D eigenvalue weighted by Crippen LogP contribution is -2.18. The lowest BCUT2D eigenvalue weighted by Gasteiger charge is -2.18. The van der Waals surface area contributed by atoms with Crippen molar-refractivity contribution in [2.75, 3.05) is 6.61 Å². The SMILES string of the molecule is CCOC(=O)C(CCC(c1ccccc1)c1ccccc1)=NO. The van der Waals surface area contributed by atoms with Crippen LogP contribution in [0.1, 0.15) is 36.8 Å². The molecule has 4 nitrogen and oxygen atoms in total. The monoisotopic (exact) mass is 311 g/mol. The number of benzene rings is 2. The lowest BCUT2D eigenvalue weighted by molar-refractivity contribution is -0.135. The van der Waals surface area contributed by atoms with Crippen molar-refractivity contribution in [3.63, 3.8) is 0 Å². The standard InChI is InChI=1S/C19H21NO3/c1-2-23-19(21)18(20-22)14-13-17(15-9-5-3-6-10-15)16-11-7-4-8-12-16/h3-12,17,22H,2,13-14H2,1H3. The number of rotatable bonds is 7. The highest BCUT2D eigenvalue weighted by molar-refractivity contribution is 6.36. The molecule has 1 N–H and O–H groups in total. The largest absolute Gasteiger partial charge is 0.461 e. The quantitative estimate of drug-likeness (QED) is 0.364. The van der Waals surface area contributed by atoms with Crippen molar-refractivity contribution in [2.24, 2.45) is 5.16 Å².